The Bertz CT molecular complexity index is 495. The molecule has 0 amide bonds. The summed E-state index contributed by atoms with van der Waals surface area (Å²) >= 11 is 0. The quantitative estimate of drug-likeness (QED) is 0.617. The maximum absolute atomic E-state index is 4.44. The second-order valence-corrected chi connectivity index (χ2v) is 6.22. The zero-order valence-electron chi connectivity index (χ0n) is 15.4. The van der Waals surface area contributed by atoms with Crippen molar-refractivity contribution in [1.82, 2.24) is 25.1 Å². The molecule has 1 fully saturated rings. The van der Waals surface area contributed by atoms with Crippen LogP contribution in [-0.4, -0.2) is 84.6 Å². The van der Waals surface area contributed by atoms with Crippen LogP contribution in [0.2, 0.25) is 0 Å². The van der Waals surface area contributed by atoms with Crippen molar-refractivity contribution in [3.8, 4) is 0 Å². The van der Waals surface area contributed by atoms with Crippen molar-refractivity contribution in [3.63, 3.8) is 0 Å². The van der Waals surface area contributed by atoms with E-state index in [9.17, 15) is 0 Å². The molecule has 1 aromatic rings. The third-order valence-electron chi connectivity index (χ3n) is 4.44. The minimum Gasteiger partial charge on any atom is -0.355 e. The summed E-state index contributed by atoms with van der Waals surface area (Å²) in [5, 5.41) is 3.50. The number of rotatable bonds is 6. The Hall–Kier alpha value is -1.89. The van der Waals surface area contributed by atoms with Gasteiger partial charge in [-0.25, -0.2) is 9.97 Å². The van der Waals surface area contributed by atoms with Gasteiger partial charge in [0.25, 0.3) is 0 Å². The number of hydrogen-bond donors (Lipinski definition) is 1. The van der Waals surface area contributed by atoms with E-state index in [1.165, 1.54) is 0 Å². The van der Waals surface area contributed by atoms with E-state index < -0.39 is 0 Å². The smallest absolute Gasteiger partial charge is 0.225 e. The van der Waals surface area contributed by atoms with Gasteiger partial charge >= 0.3 is 0 Å². The lowest BCUT2D eigenvalue weighted by atomic mass is 10.3. The number of guanidine groups is 1. The van der Waals surface area contributed by atoms with Gasteiger partial charge in [0.15, 0.2) is 5.96 Å². The van der Waals surface area contributed by atoms with Crippen LogP contribution in [0.3, 0.4) is 0 Å². The number of nitrogens with zero attached hydrogens (tertiary/aromatic N) is 6. The summed E-state index contributed by atoms with van der Waals surface area (Å²) in [6.45, 7) is 13.4. The first-order chi connectivity index (χ1) is 11.7. The predicted octanol–water partition coefficient (Wildman–Crippen LogP) is 0.904. The van der Waals surface area contributed by atoms with Crippen LogP contribution in [0.4, 0.5) is 5.95 Å². The van der Waals surface area contributed by atoms with E-state index in [0.29, 0.717) is 6.04 Å². The molecular weight excluding hydrogens is 302 g/mol. The summed E-state index contributed by atoms with van der Waals surface area (Å²) in [7, 11) is 1.86. The highest BCUT2D eigenvalue weighted by molar-refractivity contribution is 5.80. The van der Waals surface area contributed by atoms with Crippen LogP contribution in [0.25, 0.3) is 0 Å². The summed E-state index contributed by atoms with van der Waals surface area (Å²) < 4.78 is 0. The van der Waals surface area contributed by atoms with Gasteiger partial charge in [-0.15, -0.1) is 0 Å². The number of anilines is 1. The van der Waals surface area contributed by atoms with Crippen LogP contribution in [0.15, 0.2) is 23.5 Å². The van der Waals surface area contributed by atoms with Crippen LogP contribution < -0.4 is 10.2 Å². The Balaban J connectivity index is 1.79. The monoisotopic (exact) mass is 333 g/mol. The van der Waals surface area contributed by atoms with Gasteiger partial charge in [-0.2, -0.15) is 0 Å². The Labute approximate surface area is 145 Å². The summed E-state index contributed by atoms with van der Waals surface area (Å²) in [5.41, 5.74) is 0. The number of hydrogen-bond acceptors (Lipinski definition) is 5. The van der Waals surface area contributed by atoms with Gasteiger partial charge in [0.05, 0.1) is 0 Å². The minimum absolute atomic E-state index is 0.577. The molecule has 1 aliphatic heterocycles. The summed E-state index contributed by atoms with van der Waals surface area (Å²) in [6.07, 6.45) is 3.59. The van der Waals surface area contributed by atoms with E-state index in [0.717, 1.165) is 57.7 Å². The van der Waals surface area contributed by atoms with Gasteiger partial charge in [-0.05, 0) is 26.5 Å². The van der Waals surface area contributed by atoms with Crippen molar-refractivity contribution in [2.75, 3.05) is 57.8 Å². The molecule has 0 atom stereocenters. The first-order valence-electron chi connectivity index (χ1n) is 8.87. The third-order valence-corrected chi connectivity index (χ3v) is 4.44. The van der Waals surface area contributed by atoms with E-state index in [4.69, 9.17) is 0 Å². The molecule has 134 valence electrons. The van der Waals surface area contributed by atoms with Gasteiger partial charge in [-0.3, -0.25) is 9.89 Å². The Kier molecular flexibility index (Phi) is 7.24. The van der Waals surface area contributed by atoms with Gasteiger partial charge in [0.2, 0.25) is 5.95 Å². The molecule has 1 saturated heterocycles. The molecule has 0 bridgehead atoms. The molecule has 0 spiro atoms. The molecule has 1 aromatic heterocycles. The van der Waals surface area contributed by atoms with Crippen LogP contribution in [-0.2, 0) is 0 Å². The topological polar surface area (TPSA) is 59.9 Å². The highest BCUT2D eigenvalue weighted by Gasteiger charge is 2.21. The third kappa shape index (κ3) is 5.06. The van der Waals surface area contributed by atoms with E-state index in [-0.39, 0.29) is 0 Å². The Morgan fingerprint density at radius 1 is 1.25 bits per heavy atom. The summed E-state index contributed by atoms with van der Waals surface area (Å²) in [5.74, 6) is 1.80. The van der Waals surface area contributed by atoms with E-state index in [1.807, 2.05) is 13.1 Å². The van der Waals surface area contributed by atoms with Crippen LogP contribution in [0, 0.1) is 0 Å². The van der Waals surface area contributed by atoms with Crippen molar-refractivity contribution >= 4 is 11.9 Å². The number of piperazine rings is 1. The van der Waals surface area contributed by atoms with Gasteiger partial charge < -0.3 is 15.1 Å². The first-order valence-corrected chi connectivity index (χ1v) is 8.87. The van der Waals surface area contributed by atoms with E-state index in [2.05, 4.69) is 55.7 Å². The minimum atomic E-state index is 0.577. The molecular formula is C17H31N7. The molecule has 2 heterocycles. The summed E-state index contributed by atoms with van der Waals surface area (Å²) in [4.78, 5) is 20.1. The second-order valence-electron chi connectivity index (χ2n) is 6.22. The van der Waals surface area contributed by atoms with Crippen molar-refractivity contribution in [3.05, 3.63) is 18.5 Å². The van der Waals surface area contributed by atoms with Gasteiger partial charge in [0.1, 0.15) is 0 Å². The van der Waals surface area contributed by atoms with Crippen LogP contribution >= 0.6 is 0 Å². The molecule has 0 aliphatic carbocycles. The first kappa shape index (κ1) is 18.4. The normalized spacial score (nSPS) is 16.2. The maximum Gasteiger partial charge on any atom is 0.225 e. The van der Waals surface area contributed by atoms with Crippen LogP contribution in [0.5, 0.6) is 0 Å². The molecule has 1 aliphatic rings. The highest BCUT2D eigenvalue weighted by Crippen LogP contribution is 2.09. The largest absolute Gasteiger partial charge is 0.355 e. The molecule has 7 heteroatoms. The van der Waals surface area contributed by atoms with E-state index >= 15 is 0 Å². The zero-order chi connectivity index (χ0) is 17.4. The molecule has 1 N–H and O–H groups in total. The number of nitrogens with one attached hydrogen (secondary N) is 1. The van der Waals surface area contributed by atoms with Crippen molar-refractivity contribution in [2.24, 2.45) is 4.99 Å². The predicted molar refractivity (Wildman–Crippen MR) is 99.6 cm³/mol. The molecule has 0 saturated carbocycles. The number of likely N-dealkylation sites (N-methyl/N-ethyl adjacent to an activating group) is 1. The lowest BCUT2D eigenvalue weighted by Gasteiger charge is -2.36. The maximum atomic E-state index is 4.44. The van der Waals surface area contributed by atoms with Crippen molar-refractivity contribution in [2.45, 2.75) is 26.8 Å². The number of aliphatic imine (C=N–C) groups is 1. The molecule has 7 nitrogen and oxygen atoms in total. The van der Waals surface area contributed by atoms with E-state index in [1.54, 1.807) is 12.4 Å². The average Bonchev–Trinajstić information content (AvgIpc) is 2.62. The molecule has 0 unspecified atom stereocenters. The molecule has 0 aromatic carbocycles. The average molecular weight is 333 g/mol. The molecule has 24 heavy (non-hydrogen) atoms. The number of aromatic nitrogens is 2. The molecule has 0 radical (unpaired) electrons. The highest BCUT2D eigenvalue weighted by atomic mass is 15.4. The second kappa shape index (κ2) is 9.42. The zero-order valence-corrected chi connectivity index (χ0v) is 15.4. The standard InChI is InChI=1S/C17H31N7/c1-5-22(15(2)3)10-9-21-16(18-4)23-11-13-24(14-12-23)17-19-7-6-8-20-17/h6-8,15H,5,9-14H2,1-4H3,(H,18,21). The van der Waals surface area contributed by atoms with Crippen LogP contribution in [0.1, 0.15) is 20.8 Å². The lowest BCUT2D eigenvalue weighted by molar-refractivity contribution is 0.236. The Morgan fingerprint density at radius 3 is 2.46 bits per heavy atom. The van der Waals surface area contributed by atoms with Crippen molar-refractivity contribution in [1.29, 1.82) is 0 Å². The Morgan fingerprint density at radius 2 is 1.92 bits per heavy atom. The SMILES string of the molecule is CCN(CCNC(=NC)N1CCN(c2ncccn2)CC1)C(C)C. The fraction of sp³-hybridized carbons (Fsp3) is 0.706. The van der Waals surface area contributed by atoms with Crippen molar-refractivity contribution < 1.29 is 0 Å². The molecule has 2 rings (SSSR count). The van der Waals surface area contributed by atoms with Gasteiger partial charge in [-0.1, -0.05) is 6.92 Å². The fourth-order valence-corrected chi connectivity index (χ4v) is 3.00. The summed E-state index contributed by atoms with van der Waals surface area (Å²) in [6, 6.07) is 2.43. The lowest BCUT2D eigenvalue weighted by Crippen LogP contribution is -2.53. The fourth-order valence-electron chi connectivity index (χ4n) is 3.00. The van der Waals surface area contributed by atoms with Gasteiger partial charge in [0, 0.05) is 64.8 Å².